The van der Waals surface area contributed by atoms with E-state index >= 15 is 0 Å². The molecule has 2 rings (SSSR count). The minimum absolute atomic E-state index is 0.144. The van der Waals surface area contributed by atoms with Gasteiger partial charge in [0.2, 0.25) is 0 Å². The molecule has 0 radical (unpaired) electrons. The van der Waals surface area contributed by atoms with E-state index in [-0.39, 0.29) is 12.1 Å². The van der Waals surface area contributed by atoms with Crippen molar-refractivity contribution in [3.63, 3.8) is 0 Å². The molecule has 114 valence electrons. The van der Waals surface area contributed by atoms with Gasteiger partial charge in [0, 0.05) is 11.0 Å². The minimum atomic E-state index is -0.158. The molecule has 1 unspecified atom stereocenters. The van der Waals surface area contributed by atoms with Gasteiger partial charge in [-0.2, -0.15) is 0 Å². The fraction of sp³-hybridized carbons (Fsp3) is 0.333. The lowest BCUT2D eigenvalue weighted by Gasteiger charge is -2.19. The van der Waals surface area contributed by atoms with Crippen LogP contribution < -0.4 is 5.73 Å². The molecule has 2 N–H and O–H groups in total. The number of nitrogens with two attached hydrogens (primary N) is 1. The number of hydrogen-bond donors (Lipinski definition) is 1. The average molecular weight is 294 g/mol. The summed E-state index contributed by atoms with van der Waals surface area (Å²) in [4.78, 5) is 2.97. The smallest absolute Gasteiger partial charge is 0.0528 e. The van der Waals surface area contributed by atoms with E-state index in [2.05, 4.69) is 34.3 Å². The summed E-state index contributed by atoms with van der Waals surface area (Å²) in [6.45, 7) is 0. The zero-order valence-corrected chi connectivity index (χ0v) is 12.7. The van der Waals surface area contributed by atoms with E-state index in [1.165, 1.54) is 11.1 Å². The molecule has 0 bridgehead atoms. The van der Waals surface area contributed by atoms with Crippen LogP contribution in [-0.2, 0) is 12.8 Å². The monoisotopic (exact) mass is 294 g/mol. The summed E-state index contributed by atoms with van der Waals surface area (Å²) >= 11 is 0. The van der Waals surface area contributed by atoms with Gasteiger partial charge in [-0.15, -0.1) is 0 Å². The van der Waals surface area contributed by atoms with Crippen LogP contribution in [0.25, 0.3) is 10.4 Å². The van der Waals surface area contributed by atoms with Crippen molar-refractivity contribution in [3.8, 4) is 0 Å². The van der Waals surface area contributed by atoms with Crippen molar-refractivity contribution in [1.82, 2.24) is 0 Å². The Morgan fingerprint density at radius 1 is 0.955 bits per heavy atom. The van der Waals surface area contributed by atoms with Crippen LogP contribution in [0.3, 0.4) is 0 Å². The highest BCUT2D eigenvalue weighted by Crippen LogP contribution is 2.14. The number of nitrogens with zero attached hydrogens (tertiary/aromatic N) is 3. The molecule has 2 aromatic carbocycles. The van der Waals surface area contributed by atoms with E-state index in [0.29, 0.717) is 0 Å². The summed E-state index contributed by atoms with van der Waals surface area (Å²) in [6.07, 6.45) is 3.50. The zero-order chi connectivity index (χ0) is 15.6. The van der Waals surface area contributed by atoms with Crippen LogP contribution in [0.5, 0.6) is 0 Å². The van der Waals surface area contributed by atoms with Crippen molar-refractivity contribution in [3.05, 3.63) is 82.2 Å². The van der Waals surface area contributed by atoms with Crippen LogP contribution in [0, 0.1) is 0 Å². The lowest BCUT2D eigenvalue weighted by Crippen LogP contribution is -2.35. The first-order valence-corrected chi connectivity index (χ1v) is 7.67. The largest absolute Gasteiger partial charge is 0.327 e. The summed E-state index contributed by atoms with van der Waals surface area (Å²) in [5, 5.41) is 3.91. The fourth-order valence-corrected chi connectivity index (χ4v) is 2.61. The maximum Gasteiger partial charge on any atom is 0.0528 e. The summed E-state index contributed by atoms with van der Waals surface area (Å²) in [5.41, 5.74) is 17.5. The lowest BCUT2D eigenvalue weighted by molar-refractivity contribution is 0.477. The second-order valence-corrected chi connectivity index (χ2v) is 5.50. The normalized spacial score (nSPS) is 13.1. The van der Waals surface area contributed by atoms with Crippen LogP contribution in [0.2, 0.25) is 0 Å². The second kappa shape index (κ2) is 8.88. The highest BCUT2D eigenvalue weighted by Gasteiger charge is 2.16. The number of benzene rings is 2. The molecule has 0 amide bonds. The minimum Gasteiger partial charge on any atom is -0.327 e. The number of aryl methyl sites for hydroxylation is 1. The summed E-state index contributed by atoms with van der Waals surface area (Å²) in [7, 11) is 0. The molecule has 2 aromatic rings. The van der Waals surface area contributed by atoms with Crippen molar-refractivity contribution in [1.29, 1.82) is 0 Å². The van der Waals surface area contributed by atoms with Crippen molar-refractivity contribution in [2.24, 2.45) is 10.8 Å². The first-order valence-electron chi connectivity index (χ1n) is 7.67. The van der Waals surface area contributed by atoms with E-state index < -0.39 is 0 Å². The van der Waals surface area contributed by atoms with Crippen molar-refractivity contribution in [2.75, 3.05) is 0 Å². The molecule has 0 aliphatic carbocycles. The molecule has 0 aliphatic heterocycles. The van der Waals surface area contributed by atoms with Gasteiger partial charge < -0.3 is 5.73 Å². The van der Waals surface area contributed by atoms with Gasteiger partial charge in [0.1, 0.15) is 0 Å². The van der Waals surface area contributed by atoms with Gasteiger partial charge in [-0.3, -0.25) is 0 Å². The first kappa shape index (κ1) is 16.1. The van der Waals surface area contributed by atoms with Crippen molar-refractivity contribution >= 4 is 0 Å². The van der Waals surface area contributed by atoms with Crippen LogP contribution in [0.1, 0.15) is 24.0 Å². The maximum atomic E-state index is 8.77. The topological polar surface area (TPSA) is 74.8 Å². The van der Waals surface area contributed by atoms with E-state index in [4.69, 9.17) is 11.3 Å². The molecule has 0 spiro atoms. The summed E-state index contributed by atoms with van der Waals surface area (Å²) in [5.74, 6) is 0. The number of hydrogen-bond acceptors (Lipinski definition) is 2. The highest BCUT2D eigenvalue weighted by atomic mass is 15.2. The van der Waals surface area contributed by atoms with E-state index in [1.807, 2.05) is 36.4 Å². The standard InChI is InChI=1S/C18H22N4/c19-17(14-16-10-5-2-6-11-16)18(21-22-20)13-7-12-15-8-3-1-4-9-15/h1-6,8-11,17-18H,7,12-14,19H2/t17?,18-/m0/s1. The molecule has 0 fully saturated rings. The van der Waals surface area contributed by atoms with Gasteiger partial charge in [-0.05, 0) is 42.3 Å². The maximum absolute atomic E-state index is 8.77. The van der Waals surface area contributed by atoms with Gasteiger partial charge in [0.25, 0.3) is 0 Å². The highest BCUT2D eigenvalue weighted by molar-refractivity contribution is 5.17. The quantitative estimate of drug-likeness (QED) is 0.441. The predicted molar refractivity (Wildman–Crippen MR) is 90.4 cm³/mol. The molecular formula is C18H22N4. The molecule has 0 heterocycles. The number of rotatable bonds is 8. The van der Waals surface area contributed by atoms with Crippen LogP contribution in [0.15, 0.2) is 65.8 Å². The average Bonchev–Trinajstić information content (AvgIpc) is 2.56. The Labute approximate surface area is 131 Å². The lowest BCUT2D eigenvalue weighted by atomic mass is 9.96. The van der Waals surface area contributed by atoms with Gasteiger partial charge in [-0.25, -0.2) is 0 Å². The third-order valence-electron chi connectivity index (χ3n) is 3.82. The molecule has 4 nitrogen and oxygen atoms in total. The summed E-state index contributed by atoms with van der Waals surface area (Å²) < 4.78 is 0. The molecule has 22 heavy (non-hydrogen) atoms. The third kappa shape index (κ3) is 5.24. The zero-order valence-electron chi connectivity index (χ0n) is 12.7. The Kier molecular flexibility index (Phi) is 6.49. The SMILES string of the molecule is [N-]=[N+]=N[C@@H](CCCc1ccccc1)C(N)Cc1ccccc1. The fourth-order valence-electron chi connectivity index (χ4n) is 2.61. The number of azide groups is 1. The van der Waals surface area contributed by atoms with Gasteiger partial charge in [-0.1, -0.05) is 65.8 Å². The Hall–Kier alpha value is -2.29. The Morgan fingerprint density at radius 2 is 1.55 bits per heavy atom. The Bertz CT molecular complexity index is 591. The molecule has 0 aromatic heterocycles. The molecule has 0 aliphatic rings. The van der Waals surface area contributed by atoms with Gasteiger partial charge in [0.05, 0.1) is 6.04 Å². The molecule has 4 heteroatoms. The molecular weight excluding hydrogens is 272 g/mol. The molecule has 0 saturated carbocycles. The van der Waals surface area contributed by atoms with E-state index in [9.17, 15) is 0 Å². The predicted octanol–water partition coefficient (Wildman–Crippen LogP) is 4.26. The molecule has 0 saturated heterocycles. The third-order valence-corrected chi connectivity index (χ3v) is 3.82. The van der Waals surface area contributed by atoms with Crippen LogP contribution in [0.4, 0.5) is 0 Å². The Balaban J connectivity index is 1.87. The second-order valence-electron chi connectivity index (χ2n) is 5.50. The van der Waals surface area contributed by atoms with Crippen LogP contribution >= 0.6 is 0 Å². The van der Waals surface area contributed by atoms with Crippen molar-refractivity contribution in [2.45, 2.75) is 37.8 Å². The van der Waals surface area contributed by atoms with Crippen LogP contribution in [-0.4, -0.2) is 12.1 Å². The first-order chi connectivity index (χ1) is 10.8. The van der Waals surface area contributed by atoms with E-state index in [0.717, 1.165) is 25.7 Å². The Morgan fingerprint density at radius 3 is 2.14 bits per heavy atom. The summed E-state index contributed by atoms with van der Waals surface area (Å²) in [6, 6.07) is 20.1. The molecule has 2 atom stereocenters. The van der Waals surface area contributed by atoms with E-state index in [1.54, 1.807) is 0 Å². The van der Waals surface area contributed by atoms with Crippen molar-refractivity contribution < 1.29 is 0 Å². The van der Waals surface area contributed by atoms with Gasteiger partial charge >= 0.3 is 0 Å². The van der Waals surface area contributed by atoms with Gasteiger partial charge in [0.15, 0.2) is 0 Å².